The third kappa shape index (κ3) is 5.66. The average molecular weight is 314 g/mol. The first-order chi connectivity index (χ1) is 11.2. The Kier molecular flexibility index (Phi) is 6.48. The van der Waals surface area contributed by atoms with E-state index in [9.17, 15) is 4.79 Å². The molecule has 0 fully saturated rings. The Morgan fingerprint density at radius 2 is 1.78 bits per heavy atom. The molecule has 0 bridgehead atoms. The predicted molar refractivity (Wildman–Crippen MR) is 89.2 cm³/mol. The van der Waals surface area contributed by atoms with Crippen LogP contribution in [0.1, 0.15) is 25.3 Å². The molecular weight excluding hydrogens is 292 g/mol. The van der Waals surface area contributed by atoms with Crippen LogP contribution in [-0.2, 0) is 4.79 Å². The molecule has 0 N–H and O–H groups in total. The average Bonchev–Trinajstić information content (AvgIpc) is 2.54. The van der Waals surface area contributed by atoms with Crippen LogP contribution in [0.2, 0.25) is 0 Å². The van der Waals surface area contributed by atoms with E-state index in [-0.39, 0.29) is 5.97 Å². The van der Waals surface area contributed by atoms with Crippen LogP contribution in [0.15, 0.2) is 48.5 Å². The van der Waals surface area contributed by atoms with Crippen LogP contribution in [0.25, 0.3) is 0 Å². The second-order valence-corrected chi connectivity index (χ2v) is 5.12. The Labute approximate surface area is 137 Å². The van der Waals surface area contributed by atoms with Gasteiger partial charge in [-0.05, 0) is 50.1 Å². The van der Waals surface area contributed by atoms with Gasteiger partial charge in [0.15, 0.2) is 11.5 Å². The molecule has 0 radical (unpaired) electrons. The summed E-state index contributed by atoms with van der Waals surface area (Å²) in [6.45, 7) is 4.91. The Morgan fingerprint density at radius 1 is 1.00 bits per heavy atom. The highest BCUT2D eigenvalue weighted by Crippen LogP contribution is 2.26. The number of carbonyl (C=O) groups is 1. The maximum absolute atomic E-state index is 11.9. The van der Waals surface area contributed by atoms with Gasteiger partial charge >= 0.3 is 5.97 Å². The normalized spacial score (nSPS) is 10.2. The zero-order valence-electron chi connectivity index (χ0n) is 13.6. The number of hydrogen-bond donors (Lipinski definition) is 0. The summed E-state index contributed by atoms with van der Waals surface area (Å²) in [5, 5.41) is 0. The van der Waals surface area contributed by atoms with Crippen LogP contribution in [0.4, 0.5) is 0 Å². The van der Waals surface area contributed by atoms with Gasteiger partial charge in [0.1, 0.15) is 5.75 Å². The van der Waals surface area contributed by atoms with Gasteiger partial charge in [0.25, 0.3) is 0 Å². The molecule has 0 heterocycles. The van der Waals surface area contributed by atoms with Crippen molar-refractivity contribution in [2.75, 3.05) is 13.2 Å². The van der Waals surface area contributed by atoms with Crippen LogP contribution in [0, 0.1) is 6.92 Å². The second-order valence-electron chi connectivity index (χ2n) is 5.12. The maximum Gasteiger partial charge on any atom is 0.311 e. The molecule has 0 aliphatic rings. The van der Waals surface area contributed by atoms with Crippen LogP contribution in [0.3, 0.4) is 0 Å². The number of ether oxygens (including phenoxy) is 3. The van der Waals surface area contributed by atoms with Gasteiger partial charge in [0.2, 0.25) is 0 Å². The minimum Gasteiger partial charge on any atom is -0.494 e. The first kappa shape index (κ1) is 16.9. The fourth-order valence-corrected chi connectivity index (χ4v) is 2.09. The van der Waals surface area contributed by atoms with Crippen molar-refractivity contribution in [1.82, 2.24) is 0 Å². The Morgan fingerprint density at radius 3 is 2.52 bits per heavy atom. The molecule has 0 amide bonds. The summed E-state index contributed by atoms with van der Waals surface area (Å²) in [4.78, 5) is 11.9. The first-order valence-corrected chi connectivity index (χ1v) is 7.81. The largest absolute Gasteiger partial charge is 0.494 e. The lowest BCUT2D eigenvalue weighted by atomic mass is 10.2. The van der Waals surface area contributed by atoms with Crippen molar-refractivity contribution >= 4 is 5.97 Å². The third-order valence-corrected chi connectivity index (χ3v) is 3.16. The monoisotopic (exact) mass is 314 g/mol. The van der Waals surface area contributed by atoms with Gasteiger partial charge in [0.05, 0.1) is 13.2 Å². The third-order valence-electron chi connectivity index (χ3n) is 3.16. The molecule has 23 heavy (non-hydrogen) atoms. The van der Waals surface area contributed by atoms with Gasteiger partial charge in [0, 0.05) is 6.42 Å². The van der Waals surface area contributed by atoms with Gasteiger partial charge in [-0.2, -0.15) is 0 Å². The molecule has 2 aromatic rings. The van der Waals surface area contributed by atoms with Gasteiger partial charge in [-0.25, -0.2) is 0 Å². The highest BCUT2D eigenvalue weighted by molar-refractivity contribution is 5.73. The quantitative estimate of drug-likeness (QED) is 0.417. The first-order valence-electron chi connectivity index (χ1n) is 7.81. The molecule has 4 nitrogen and oxygen atoms in total. The van der Waals surface area contributed by atoms with E-state index in [1.54, 1.807) is 12.1 Å². The van der Waals surface area contributed by atoms with Crippen molar-refractivity contribution in [1.29, 1.82) is 0 Å². The van der Waals surface area contributed by atoms with Gasteiger partial charge in [-0.3, -0.25) is 4.79 Å². The topological polar surface area (TPSA) is 44.8 Å². The van der Waals surface area contributed by atoms with Gasteiger partial charge in [-0.15, -0.1) is 0 Å². The fraction of sp³-hybridized carbons (Fsp3) is 0.316. The second kappa shape index (κ2) is 8.83. The number of hydrogen-bond acceptors (Lipinski definition) is 4. The summed E-state index contributed by atoms with van der Waals surface area (Å²) in [7, 11) is 0. The number of para-hydroxylation sites is 2. The molecule has 0 aliphatic carbocycles. The Balaban J connectivity index is 1.75. The molecule has 122 valence electrons. The molecule has 2 rings (SSSR count). The lowest BCUT2D eigenvalue weighted by Gasteiger charge is -2.10. The van der Waals surface area contributed by atoms with Crippen molar-refractivity contribution < 1.29 is 19.0 Å². The summed E-state index contributed by atoms with van der Waals surface area (Å²) in [6, 6.07) is 15.0. The zero-order chi connectivity index (χ0) is 16.5. The minimum absolute atomic E-state index is 0.287. The van der Waals surface area contributed by atoms with Crippen LogP contribution in [-0.4, -0.2) is 19.2 Å². The summed E-state index contributed by atoms with van der Waals surface area (Å²) in [5.41, 5.74) is 1.15. The van der Waals surface area contributed by atoms with Crippen LogP contribution >= 0.6 is 0 Å². The molecule has 4 heteroatoms. The van der Waals surface area contributed by atoms with Crippen molar-refractivity contribution in [2.24, 2.45) is 0 Å². The summed E-state index contributed by atoms with van der Waals surface area (Å²) < 4.78 is 16.4. The molecule has 0 aliphatic heterocycles. The van der Waals surface area contributed by atoms with Crippen molar-refractivity contribution in [3.05, 3.63) is 54.1 Å². The van der Waals surface area contributed by atoms with Gasteiger partial charge in [-0.1, -0.05) is 24.3 Å². The van der Waals surface area contributed by atoms with E-state index in [0.29, 0.717) is 37.6 Å². The molecule has 0 saturated carbocycles. The molecule has 0 atom stereocenters. The molecule has 2 aromatic carbocycles. The molecular formula is C19H22O4. The highest BCUT2D eigenvalue weighted by Gasteiger charge is 2.09. The lowest BCUT2D eigenvalue weighted by molar-refractivity contribution is -0.134. The standard InChI is InChI=1S/C19H22O4/c1-3-21-17-10-4-5-11-18(17)23-19(20)12-7-13-22-16-9-6-8-15(2)14-16/h4-6,8-11,14H,3,7,12-13H2,1-2H3. The van der Waals surface area contributed by atoms with Crippen molar-refractivity contribution in [2.45, 2.75) is 26.7 Å². The van der Waals surface area contributed by atoms with E-state index in [2.05, 4.69) is 0 Å². The number of benzene rings is 2. The maximum atomic E-state index is 11.9. The van der Waals surface area contributed by atoms with E-state index in [0.717, 1.165) is 11.3 Å². The molecule has 0 unspecified atom stereocenters. The SMILES string of the molecule is CCOc1ccccc1OC(=O)CCCOc1cccc(C)c1. The number of aryl methyl sites for hydroxylation is 1. The van der Waals surface area contributed by atoms with E-state index in [1.807, 2.05) is 50.2 Å². The van der Waals surface area contributed by atoms with E-state index in [4.69, 9.17) is 14.2 Å². The van der Waals surface area contributed by atoms with E-state index >= 15 is 0 Å². The summed E-state index contributed by atoms with van der Waals surface area (Å²) in [6.07, 6.45) is 0.899. The van der Waals surface area contributed by atoms with Crippen molar-refractivity contribution in [3.8, 4) is 17.2 Å². The number of esters is 1. The van der Waals surface area contributed by atoms with Crippen molar-refractivity contribution in [3.63, 3.8) is 0 Å². The molecule has 0 aromatic heterocycles. The van der Waals surface area contributed by atoms with E-state index < -0.39 is 0 Å². The smallest absolute Gasteiger partial charge is 0.311 e. The van der Waals surface area contributed by atoms with Crippen LogP contribution in [0.5, 0.6) is 17.2 Å². The fourth-order valence-electron chi connectivity index (χ4n) is 2.09. The number of rotatable bonds is 8. The lowest BCUT2D eigenvalue weighted by Crippen LogP contribution is -2.10. The summed E-state index contributed by atoms with van der Waals surface area (Å²) in [5.74, 6) is 1.57. The Bertz CT molecular complexity index is 637. The van der Waals surface area contributed by atoms with Crippen LogP contribution < -0.4 is 14.2 Å². The predicted octanol–water partition coefficient (Wildman–Crippen LogP) is 4.16. The molecule has 0 saturated heterocycles. The zero-order valence-corrected chi connectivity index (χ0v) is 13.6. The summed E-state index contributed by atoms with van der Waals surface area (Å²) >= 11 is 0. The number of carbonyl (C=O) groups excluding carboxylic acids is 1. The minimum atomic E-state index is -0.287. The highest BCUT2D eigenvalue weighted by atomic mass is 16.6. The van der Waals surface area contributed by atoms with Gasteiger partial charge < -0.3 is 14.2 Å². The molecule has 0 spiro atoms. The Hall–Kier alpha value is -2.49. The van der Waals surface area contributed by atoms with E-state index in [1.165, 1.54) is 0 Å².